The molecule has 0 radical (unpaired) electrons. The summed E-state index contributed by atoms with van der Waals surface area (Å²) in [5.74, 6) is -1.58. The zero-order chi connectivity index (χ0) is 27.8. The number of hydrogen-bond donors (Lipinski definition) is 4. The van der Waals surface area contributed by atoms with Crippen molar-refractivity contribution in [1.82, 2.24) is 9.80 Å². The van der Waals surface area contributed by atoms with Gasteiger partial charge in [0.05, 0.1) is 48.1 Å². The summed E-state index contributed by atoms with van der Waals surface area (Å²) in [5, 5.41) is 26.3. The number of aldehydes is 1. The van der Waals surface area contributed by atoms with E-state index >= 15 is 0 Å². The molecule has 11 heteroatoms. The third kappa shape index (κ3) is 6.13. The van der Waals surface area contributed by atoms with E-state index < -0.39 is 17.3 Å². The minimum absolute atomic E-state index is 0.0261. The largest absolute Gasteiger partial charge is 0.507 e. The molecule has 4 N–H and O–H groups in total. The Bertz CT molecular complexity index is 1180. The molecule has 11 nitrogen and oxygen atoms in total. The number of aliphatic hydroxyl groups is 1. The van der Waals surface area contributed by atoms with Crippen molar-refractivity contribution in [2.45, 2.75) is 0 Å². The standard InChI is InChI=1S/C27H36N4O7/c1-30(11-13-32)9-7-28-19-6-5-18(29-8-10-31(2)12-14-37-3)21-22(19)26(36)24-23(25(21)35)20(34)15-17(16-33)27(24)38-4/h5-6,15-16,28-29,32,34H,7-14H2,1-4H3. The Hall–Kier alpha value is -3.51. The van der Waals surface area contributed by atoms with Crippen molar-refractivity contribution < 1.29 is 34.1 Å². The first-order chi connectivity index (χ1) is 18.3. The quantitative estimate of drug-likeness (QED) is 0.212. The number of methoxy groups -OCH3 is 2. The van der Waals surface area contributed by atoms with Crippen LogP contribution in [0.2, 0.25) is 0 Å². The highest BCUT2D eigenvalue weighted by Crippen LogP contribution is 2.44. The molecule has 2 aromatic rings. The van der Waals surface area contributed by atoms with Crippen LogP contribution in [0, 0.1) is 0 Å². The lowest BCUT2D eigenvalue weighted by Gasteiger charge is -2.26. The molecule has 3 rings (SSSR count). The number of aromatic hydroxyl groups is 1. The molecule has 0 fully saturated rings. The molecule has 206 valence electrons. The highest BCUT2D eigenvalue weighted by atomic mass is 16.5. The Morgan fingerprint density at radius 3 is 1.92 bits per heavy atom. The summed E-state index contributed by atoms with van der Waals surface area (Å²) in [7, 11) is 6.77. The number of phenols is 1. The molecule has 1 aliphatic carbocycles. The van der Waals surface area contributed by atoms with Crippen molar-refractivity contribution in [2.75, 3.05) is 91.4 Å². The molecule has 0 unspecified atom stereocenters. The number of ketones is 2. The smallest absolute Gasteiger partial charge is 0.200 e. The van der Waals surface area contributed by atoms with Crippen molar-refractivity contribution >= 4 is 29.2 Å². The van der Waals surface area contributed by atoms with E-state index in [1.807, 2.05) is 19.0 Å². The van der Waals surface area contributed by atoms with Gasteiger partial charge in [0.2, 0.25) is 11.6 Å². The number of nitrogens with zero attached hydrogens (tertiary/aromatic N) is 2. The number of ether oxygens (including phenoxy) is 2. The molecule has 0 aliphatic heterocycles. The zero-order valence-electron chi connectivity index (χ0n) is 22.3. The van der Waals surface area contributed by atoms with E-state index in [2.05, 4.69) is 15.5 Å². The lowest BCUT2D eigenvalue weighted by molar-refractivity contribution is 0.0974. The van der Waals surface area contributed by atoms with Crippen LogP contribution in [0.3, 0.4) is 0 Å². The Morgan fingerprint density at radius 1 is 0.868 bits per heavy atom. The van der Waals surface area contributed by atoms with Gasteiger partial charge in [-0.3, -0.25) is 14.4 Å². The van der Waals surface area contributed by atoms with Crippen molar-refractivity contribution in [1.29, 1.82) is 0 Å². The Balaban J connectivity index is 2.04. The zero-order valence-corrected chi connectivity index (χ0v) is 22.3. The van der Waals surface area contributed by atoms with Crippen molar-refractivity contribution in [2.24, 2.45) is 0 Å². The fourth-order valence-electron chi connectivity index (χ4n) is 4.45. The fraction of sp³-hybridized carbons (Fsp3) is 0.444. The van der Waals surface area contributed by atoms with Gasteiger partial charge in [-0.05, 0) is 32.3 Å². The molecule has 1 aliphatic rings. The van der Waals surface area contributed by atoms with Crippen LogP contribution >= 0.6 is 0 Å². The highest BCUT2D eigenvalue weighted by Gasteiger charge is 2.39. The van der Waals surface area contributed by atoms with E-state index in [9.17, 15) is 19.5 Å². The number of nitrogens with one attached hydrogen (secondary N) is 2. The third-order valence-electron chi connectivity index (χ3n) is 6.51. The highest BCUT2D eigenvalue weighted by molar-refractivity contribution is 6.34. The molecule has 0 bridgehead atoms. The van der Waals surface area contributed by atoms with Crippen LogP contribution in [0.1, 0.15) is 42.2 Å². The summed E-state index contributed by atoms with van der Waals surface area (Å²) in [6.07, 6.45) is 0.473. The first-order valence-corrected chi connectivity index (χ1v) is 12.4. The Labute approximate surface area is 222 Å². The number of phenolic OH excluding ortho intramolecular Hbond substituents is 1. The van der Waals surface area contributed by atoms with Gasteiger partial charge in [-0.15, -0.1) is 0 Å². The number of hydrogen-bond acceptors (Lipinski definition) is 11. The number of fused-ring (bicyclic) bond motifs is 2. The van der Waals surface area contributed by atoms with E-state index in [-0.39, 0.29) is 40.2 Å². The maximum absolute atomic E-state index is 13.9. The Morgan fingerprint density at radius 2 is 1.42 bits per heavy atom. The number of carbonyl (C=O) groups is 3. The maximum Gasteiger partial charge on any atom is 0.200 e. The molecule has 0 saturated carbocycles. The molecule has 0 atom stereocenters. The third-order valence-corrected chi connectivity index (χ3v) is 6.51. The van der Waals surface area contributed by atoms with Crippen LogP contribution in [0.4, 0.5) is 11.4 Å². The van der Waals surface area contributed by atoms with Gasteiger partial charge < -0.3 is 40.1 Å². The van der Waals surface area contributed by atoms with Gasteiger partial charge in [-0.25, -0.2) is 0 Å². The van der Waals surface area contributed by atoms with Crippen LogP contribution in [0.25, 0.3) is 0 Å². The molecule has 0 aromatic heterocycles. The summed E-state index contributed by atoms with van der Waals surface area (Å²) < 4.78 is 10.5. The molecular formula is C27H36N4O7. The lowest BCUT2D eigenvalue weighted by atomic mass is 9.80. The average Bonchev–Trinajstić information content (AvgIpc) is 2.90. The van der Waals surface area contributed by atoms with Gasteiger partial charge in [-0.1, -0.05) is 0 Å². The van der Waals surface area contributed by atoms with E-state index in [1.165, 1.54) is 7.11 Å². The average molecular weight is 529 g/mol. The van der Waals surface area contributed by atoms with Gasteiger partial charge in [0.25, 0.3) is 0 Å². The monoisotopic (exact) mass is 528 g/mol. The van der Waals surface area contributed by atoms with Crippen LogP contribution in [-0.4, -0.2) is 119 Å². The Kier molecular flexibility index (Phi) is 10.2. The lowest BCUT2D eigenvalue weighted by Crippen LogP contribution is -2.30. The first kappa shape index (κ1) is 29.1. The number of aliphatic hydroxyl groups excluding tert-OH is 1. The second kappa shape index (κ2) is 13.3. The van der Waals surface area contributed by atoms with E-state index in [0.29, 0.717) is 57.0 Å². The van der Waals surface area contributed by atoms with Crippen molar-refractivity contribution in [3.05, 3.63) is 46.0 Å². The molecule has 0 amide bonds. The predicted molar refractivity (Wildman–Crippen MR) is 144 cm³/mol. The fourth-order valence-corrected chi connectivity index (χ4v) is 4.45. The summed E-state index contributed by atoms with van der Waals surface area (Å²) in [6, 6.07) is 4.60. The summed E-state index contributed by atoms with van der Waals surface area (Å²) in [5.41, 5.74) is 0.848. The molecule has 0 heterocycles. The van der Waals surface area contributed by atoms with Gasteiger partial charge >= 0.3 is 0 Å². The minimum Gasteiger partial charge on any atom is -0.507 e. The molecular weight excluding hydrogens is 492 g/mol. The molecule has 2 aromatic carbocycles. The summed E-state index contributed by atoms with van der Waals surface area (Å²) >= 11 is 0. The van der Waals surface area contributed by atoms with E-state index in [4.69, 9.17) is 14.6 Å². The second-order valence-electron chi connectivity index (χ2n) is 9.13. The number of rotatable bonds is 15. The minimum atomic E-state index is -0.542. The molecule has 0 saturated heterocycles. The van der Waals surface area contributed by atoms with Crippen LogP contribution in [-0.2, 0) is 4.74 Å². The van der Waals surface area contributed by atoms with E-state index in [1.54, 1.807) is 19.2 Å². The molecule has 38 heavy (non-hydrogen) atoms. The summed E-state index contributed by atoms with van der Waals surface area (Å²) in [4.78, 5) is 43.4. The van der Waals surface area contributed by atoms with E-state index in [0.717, 1.165) is 12.6 Å². The maximum atomic E-state index is 13.9. The van der Waals surface area contributed by atoms with Gasteiger partial charge in [-0.2, -0.15) is 0 Å². The van der Waals surface area contributed by atoms with Crippen LogP contribution < -0.4 is 15.4 Å². The predicted octanol–water partition coefficient (Wildman–Crippen LogP) is 1.31. The number of likely N-dealkylation sites (N-methyl/N-ethyl adjacent to an activating group) is 2. The normalized spacial score (nSPS) is 12.5. The van der Waals surface area contributed by atoms with Crippen molar-refractivity contribution in [3.63, 3.8) is 0 Å². The van der Waals surface area contributed by atoms with Gasteiger partial charge in [0, 0.05) is 57.8 Å². The number of benzene rings is 2. The summed E-state index contributed by atoms with van der Waals surface area (Å²) in [6.45, 7) is 4.05. The first-order valence-electron chi connectivity index (χ1n) is 12.4. The van der Waals surface area contributed by atoms with Gasteiger partial charge in [0.15, 0.2) is 6.29 Å². The number of carbonyl (C=O) groups excluding carboxylic acids is 3. The second-order valence-corrected chi connectivity index (χ2v) is 9.13. The SMILES string of the molecule is COCCN(C)CCNc1ccc(NCCN(C)CCO)c2c1C(=O)c1c(O)cc(C=O)c(OC)c1C2=O. The molecule has 0 spiro atoms. The van der Waals surface area contributed by atoms with Crippen molar-refractivity contribution in [3.8, 4) is 11.5 Å². The topological polar surface area (TPSA) is 141 Å². The van der Waals surface area contributed by atoms with Crippen LogP contribution in [0.5, 0.6) is 11.5 Å². The van der Waals surface area contributed by atoms with Gasteiger partial charge in [0.1, 0.15) is 11.5 Å². The van der Waals surface area contributed by atoms with Crippen LogP contribution in [0.15, 0.2) is 18.2 Å². The number of anilines is 2.